The molecule has 28 heavy (non-hydrogen) atoms. The van der Waals surface area contributed by atoms with E-state index in [-0.39, 0.29) is 11.2 Å². The molecule has 0 amide bonds. The Balaban J connectivity index is 0.00000108. The van der Waals surface area contributed by atoms with Gasteiger partial charge in [-0.15, -0.1) is 0 Å². The van der Waals surface area contributed by atoms with Crippen molar-refractivity contribution < 1.29 is 19.5 Å². The average Bonchev–Trinajstić information content (AvgIpc) is 2.98. The Morgan fingerprint density at radius 3 is 2.25 bits per heavy atom. The van der Waals surface area contributed by atoms with Gasteiger partial charge in [0.1, 0.15) is 5.78 Å². The van der Waals surface area contributed by atoms with Crippen LogP contribution in [0.2, 0.25) is 0 Å². The molecule has 4 nitrogen and oxygen atoms in total. The van der Waals surface area contributed by atoms with E-state index in [1.54, 1.807) is 13.0 Å². The first-order chi connectivity index (χ1) is 13.2. The molecule has 1 N–H and O–H groups in total. The zero-order valence-corrected chi connectivity index (χ0v) is 18.9. The van der Waals surface area contributed by atoms with Gasteiger partial charge in [0.2, 0.25) is 0 Å². The molecule has 4 heteroatoms. The van der Waals surface area contributed by atoms with Gasteiger partial charge in [0.05, 0.1) is 0 Å². The second-order valence-corrected chi connectivity index (χ2v) is 8.27. The molecule has 2 aliphatic rings. The molecule has 0 aromatic carbocycles. The Morgan fingerprint density at radius 1 is 1.11 bits per heavy atom. The topological polar surface area (TPSA) is 71.4 Å². The Labute approximate surface area is 172 Å². The summed E-state index contributed by atoms with van der Waals surface area (Å²) in [6.45, 7) is 11.3. The lowest BCUT2D eigenvalue weighted by molar-refractivity contribution is -0.134. The van der Waals surface area contributed by atoms with Crippen LogP contribution in [0.5, 0.6) is 0 Å². The molecule has 0 aromatic heterocycles. The fourth-order valence-electron chi connectivity index (χ4n) is 4.94. The standard InChI is InChI=1S/C20H32O2.C2H4O2.C2H6/c1-4-5-8-18(22)9-6-7-16-12-13-20(3)17(14-16)10-11-19(20)15(2)21;1-2(3)4;1-2/h5,8,16-17,19H,4,6-7,9-14H2,1-3H3;1H3,(H,3,4);1-2H3/b8-5+;;. The summed E-state index contributed by atoms with van der Waals surface area (Å²) in [5.41, 5.74) is 0.266. The minimum Gasteiger partial charge on any atom is -0.481 e. The summed E-state index contributed by atoms with van der Waals surface area (Å²) in [5, 5.41) is 7.42. The molecule has 0 aliphatic heterocycles. The summed E-state index contributed by atoms with van der Waals surface area (Å²) >= 11 is 0. The van der Waals surface area contributed by atoms with Crippen molar-refractivity contribution in [1.29, 1.82) is 0 Å². The normalized spacial score (nSPS) is 28.4. The molecule has 2 fully saturated rings. The van der Waals surface area contributed by atoms with Gasteiger partial charge in [0, 0.05) is 19.3 Å². The number of carbonyl (C=O) groups is 3. The van der Waals surface area contributed by atoms with Gasteiger partial charge in [-0.1, -0.05) is 40.2 Å². The Kier molecular flexibility index (Phi) is 13.0. The van der Waals surface area contributed by atoms with Crippen molar-refractivity contribution in [2.45, 2.75) is 99.3 Å². The Morgan fingerprint density at radius 2 is 1.71 bits per heavy atom. The van der Waals surface area contributed by atoms with Gasteiger partial charge in [-0.25, -0.2) is 0 Å². The highest BCUT2D eigenvalue weighted by molar-refractivity contribution is 5.89. The molecule has 0 radical (unpaired) electrons. The van der Waals surface area contributed by atoms with E-state index in [9.17, 15) is 9.59 Å². The lowest BCUT2D eigenvalue weighted by Crippen LogP contribution is -2.37. The zero-order chi connectivity index (χ0) is 21.7. The summed E-state index contributed by atoms with van der Waals surface area (Å²) in [4.78, 5) is 32.5. The number of fused-ring (bicyclic) bond motifs is 1. The third-order valence-electron chi connectivity index (χ3n) is 6.31. The van der Waals surface area contributed by atoms with Crippen LogP contribution in [0.1, 0.15) is 99.3 Å². The molecule has 0 heterocycles. The number of hydrogen-bond donors (Lipinski definition) is 1. The molecule has 4 atom stereocenters. The lowest BCUT2D eigenvalue weighted by atomic mass is 9.61. The molecular formula is C24H42O4. The van der Waals surface area contributed by atoms with Gasteiger partial charge in [-0.3, -0.25) is 14.4 Å². The molecule has 162 valence electrons. The maximum atomic E-state index is 11.9. The van der Waals surface area contributed by atoms with Crippen LogP contribution in [0.25, 0.3) is 0 Å². The molecule has 0 spiro atoms. The molecule has 2 aliphatic carbocycles. The summed E-state index contributed by atoms with van der Waals surface area (Å²) in [6, 6.07) is 0. The number of carboxylic acids is 1. The van der Waals surface area contributed by atoms with E-state index in [4.69, 9.17) is 9.90 Å². The van der Waals surface area contributed by atoms with Crippen molar-refractivity contribution >= 4 is 17.5 Å². The fraction of sp³-hybridized carbons (Fsp3) is 0.792. The zero-order valence-electron chi connectivity index (χ0n) is 18.9. The van der Waals surface area contributed by atoms with E-state index in [0.29, 0.717) is 18.1 Å². The quantitative estimate of drug-likeness (QED) is 0.519. The highest BCUT2D eigenvalue weighted by Gasteiger charge is 2.50. The van der Waals surface area contributed by atoms with Gasteiger partial charge in [0.15, 0.2) is 5.78 Å². The van der Waals surface area contributed by atoms with Crippen LogP contribution in [-0.4, -0.2) is 22.6 Å². The van der Waals surface area contributed by atoms with E-state index >= 15 is 0 Å². The molecular weight excluding hydrogens is 352 g/mol. The maximum absolute atomic E-state index is 11.9. The lowest BCUT2D eigenvalue weighted by Gasteiger charge is -2.43. The van der Waals surface area contributed by atoms with E-state index in [0.717, 1.165) is 38.0 Å². The molecule has 2 rings (SSSR count). The molecule has 4 unspecified atom stereocenters. The van der Waals surface area contributed by atoms with Crippen LogP contribution in [0.3, 0.4) is 0 Å². The number of carbonyl (C=O) groups excluding carboxylic acids is 2. The van der Waals surface area contributed by atoms with Crippen molar-refractivity contribution in [1.82, 2.24) is 0 Å². The highest BCUT2D eigenvalue weighted by Crippen LogP contribution is 2.57. The fourth-order valence-corrected chi connectivity index (χ4v) is 4.94. The first-order valence-electron chi connectivity index (χ1n) is 11.1. The van der Waals surface area contributed by atoms with Crippen molar-refractivity contribution in [3.05, 3.63) is 12.2 Å². The maximum Gasteiger partial charge on any atom is 0.300 e. The van der Waals surface area contributed by atoms with Gasteiger partial charge in [-0.05, 0) is 75.2 Å². The monoisotopic (exact) mass is 394 g/mol. The van der Waals surface area contributed by atoms with E-state index in [1.165, 1.54) is 32.1 Å². The number of hydrogen-bond acceptors (Lipinski definition) is 3. The second-order valence-electron chi connectivity index (χ2n) is 8.27. The summed E-state index contributed by atoms with van der Waals surface area (Å²) < 4.78 is 0. The van der Waals surface area contributed by atoms with Gasteiger partial charge in [-0.2, -0.15) is 0 Å². The summed E-state index contributed by atoms with van der Waals surface area (Å²) in [6.07, 6.45) is 13.6. The van der Waals surface area contributed by atoms with Crippen LogP contribution < -0.4 is 0 Å². The Bertz CT molecular complexity index is 519. The molecule has 0 aromatic rings. The van der Waals surface area contributed by atoms with Crippen LogP contribution in [0.4, 0.5) is 0 Å². The van der Waals surface area contributed by atoms with Crippen LogP contribution in [0.15, 0.2) is 12.2 Å². The van der Waals surface area contributed by atoms with E-state index < -0.39 is 5.97 Å². The number of carboxylic acid groups (broad SMARTS) is 1. The largest absolute Gasteiger partial charge is 0.481 e. The third-order valence-corrected chi connectivity index (χ3v) is 6.31. The third kappa shape index (κ3) is 8.70. The van der Waals surface area contributed by atoms with E-state index in [1.807, 2.05) is 19.9 Å². The van der Waals surface area contributed by atoms with Crippen molar-refractivity contribution in [3.63, 3.8) is 0 Å². The average molecular weight is 395 g/mol. The van der Waals surface area contributed by atoms with E-state index in [2.05, 4.69) is 13.8 Å². The predicted molar refractivity (Wildman–Crippen MR) is 115 cm³/mol. The predicted octanol–water partition coefficient (Wildman–Crippen LogP) is 6.23. The minimum atomic E-state index is -0.833. The highest BCUT2D eigenvalue weighted by atomic mass is 16.4. The first-order valence-corrected chi connectivity index (χ1v) is 11.1. The SMILES string of the molecule is CC.CC(=O)O.CC/C=C/C(=O)CCCC1CCC2(C)C(CCC2C(C)=O)C1. The molecule has 0 saturated heterocycles. The van der Waals surface area contributed by atoms with Crippen molar-refractivity contribution in [2.24, 2.45) is 23.2 Å². The van der Waals surface area contributed by atoms with Gasteiger partial charge < -0.3 is 5.11 Å². The summed E-state index contributed by atoms with van der Waals surface area (Å²) in [5.74, 6) is 1.65. The van der Waals surface area contributed by atoms with Crippen LogP contribution >= 0.6 is 0 Å². The smallest absolute Gasteiger partial charge is 0.300 e. The number of rotatable bonds is 7. The van der Waals surface area contributed by atoms with Gasteiger partial charge >= 0.3 is 0 Å². The second kappa shape index (κ2) is 13.7. The van der Waals surface area contributed by atoms with Crippen LogP contribution in [-0.2, 0) is 14.4 Å². The van der Waals surface area contributed by atoms with Crippen LogP contribution in [0, 0.1) is 23.2 Å². The number of ketones is 2. The molecule has 2 saturated carbocycles. The van der Waals surface area contributed by atoms with Gasteiger partial charge in [0.25, 0.3) is 5.97 Å². The number of allylic oxidation sites excluding steroid dienone is 2. The number of aliphatic carboxylic acids is 1. The van der Waals surface area contributed by atoms with Crippen molar-refractivity contribution in [2.75, 3.05) is 0 Å². The molecule has 0 bridgehead atoms. The first kappa shape index (κ1) is 26.6. The Hall–Kier alpha value is -1.45. The number of Topliss-reactive ketones (excluding diaryl/α,β-unsaturated/α-hetero) is 1. The minimum absolute atomic E-state index is 0.266. The van der Waals surface area contributed by atoms with Crippen molar-refractivity contribution in [3.8, 4) is 0 Å². The summed E-state index contributed by atoms with van der Waals surface area (Å²) in [7, 11) is 0.